The van der Waals surface area contributed by atoms with E-state index in [0.29, 0.717) is 5.69 Å². The highest BCUT2D eigenvalue weighted by Gasteiger charge is 2.29. The van der Waals surface area contributed by atoms with Crippen LogP contribution in [0, 0.1) is 12.7 Å². The van der Waals surface area contributed by atoms with Crippen molar-refractivity contribution < 1.29 is 4.39 Å². The van der Waals surface area contributed by atoms with Crippen LogP contribution in [0.15, 0.2) is 47.3 Å². The van der Waals surface area contributed by atoms with Crippen molar-refractivity contribution in [3.8, 4) is 5.69 Å². The van der Waals surface area contributed by atoms with Crippen LogP contribution in [0.1, 0.15) is 24.2 Å². The van der Waals surface area contributed by atoms with Crippen LogP contribution in [0.25, 0.3) is 5.69 Å². The number of rotatable bonds is 4. The summed E-state index contributed by atoms with van der Waals surface area (Å²) in [5, 5.41) is 0.938. The fourth-order valence-electron chi connectivity index (χ4n) is 4.36. The molecule has 164 valence electrons. The molecule has 1 aliphatic heterocycles. The van der Waals surface area contributed by atoms with Crippen LogP contribution in [0.3, 0.4) is 0 Å². The standard InChI is InChI=1S/C23H25Cl2FN4O/c1-15-4-5-17(24)14-20(15)29-12-10-28(11-13-29)16(2)22-21(25)23(31)30(27(22)3)19-8-6-18(26)7-9-19/h4-9,14,16H,10-13H2,1-3H3. The Bertz CT molecular complexity index is 1150. The highest BCUT2D eigenvalue weighted by atomic mass is 35.5. The molecule has 8 heteroatoms. The van der Waals surface area contributed by atoms with Crippen molar-refractivity contribution in [1.29, 1.82) is 0 Å². The highest BCUT2D eigenvalue weighted by Crippen LogP contribution is 2.30. The predicted molar refractivity (Wildman–Crippen MR) is 124 cm³/mol. The quantitative estimate of drug-likeness (QED) is 0.557. The van der Waals surface area contributed by atoms with Crippen LogP contribution < -0.4 is 10.5 Å². The molecule has 1 aliphatic rings. The molecule has 0 bridgehead atoms. The van der Waals surface area contributed by atoms with Crippen LogP contribution in [0.5, 0.6) is 0 Å². The molecule has 1 aromatic heterocycles. The maximum absolute atomic E-state index is 13.3. The molecule has 0 radical (unpaired) electrons. The maximum atomic E-state index is 13.3. The minimum Gasteiger partial charge on any atom is -0.369 e. The SMILES string of the molecule is Cc1ccc(Cl)cc1N1CCN(C(C)c2c(Cl)c(=O)n(-c3ccc(F)cc3)n2C)CC1. The molecule has 4 rings (SSSR count). The molecule has 1 unspecified atom stereocenters. The van der Waals surface area contributed by atoms with Gasteiger partial charge in [0, 0.05) is 43.9 Å². The van der Waals surface area contributed by atoms with Gasteiger partial charge in [-0.2, -0.15) is 0 Å². The number of piperazine rings is 1. The Morgan fingerprint density at radius 2 is 1.65 bits per heavy atom. The van der Waals surface area contributed by atoms with E-state index < -0.39 is 0 Å². The largest absolute Gasteiger partial charge is 0.369 e. The van der Waals surface area contributed by atoms with Gasteiger partial charge in [0.1, 0.15) is 10.8 Å². The number of anilines is 1. The highest BCUT2D eigenvalue weighted by molar-refractivity contribution is 6.31. The fourth-order valence-corrected chi connectivity index (χ4v) is 4.89. The lowest BCUT2D eigenvalue weighted by atomic mass is 10.1. The smallest absolute Gasteiger partial charge is 0.290 e. The van der Waals surface area contributed by atoms with Gasteiger partial charge in [0.05, 0.1) is 17.4 Å². The van der Waals surface area contributed by atoms with Gasteiger partial charge in [0.15, 0.2) is 0 Å². The van der Waals surface area contributed by atoms with Crippen molar-refractivity contribution in [2.75, 3.05) is 31.1 Å². The molecule has 5 nitrogen and oxygen atoms in total. The average Bonchev–Trinajstić information content (AvgIpc) is 2.98. The second-order valence-corrected chi connectivity index (χ2v) is 8.76. The number of aromatic nitrogens is 2. The number of hydrogen-bond acceptors (Lipinski definition) is 3. The van der Waals surface area contributed by atoms with Gasteiger partial charge in [-0.1, -0.05) is 29.3 Å². The molecule has 1 atom stereocenters. The van der Waals surface area contributed by atoms with Crippen LogP contribution in [-0.4, -0.2) is 40.4 Å². The Labute approximate surface area is 191 Å². The van der Waals surface area contributed by atoms with E-state index in [1.807, 2.05) is 25.2 Å². The molecule has 1 saturated heterocycles. The minimum absolute atomic E-state index is 0.0468. The van der Waals surface area contributed by atoms with Gasteiger partial charge in [0.2, 0.25) is 0 Å². The first-order valence-electron chi connectivity index (χ1n) is 10.3. The van der Waals surface area contributed by atoms with Crippen molar-refractivity contribution >= 4 is 28.9 Å². The number of aryl methyl sites for hydroxylation is 1. The van der Waals surface area contributed by atoms with E-state index in [2.05, 4.69) is 23.6 Å². The summed E-state index contributed by atoms with van der Waals surface area (Å²) in [4.78, 5) is 17.5. The Morgan fingerprint density at radius 3 is 2.29 bits per heavy atom. The zero-order valence-electron chi connectivity index (χ0n) is 17.8. The van der Waals surface area contributed by atoms with E-state index in [-0.39, 0.29) is 22.4 Å². The van der Waals surface area contributed by atoms with Gasteiger partial charge in [-0.25, -0.2) is 9.07 Å². The number of halogens is 3. The van der Waals surface area contributed by atoms with Crippen molar-refractivity contribution in [2.24, 2.45) is 7.05 Å². The van der Waals surface area contributed by atoms with Crippen molar-refractivity contribution in [3.05, 3.63) is 79.9 Å². The lowest BCUT2D eigenvalue weighted by Gasteiger charge is -2.39. The minimum atomic E-state index is -0.349. The van der Waals surface area contributed by atoms with Gasteiger partial charge in [-0.3, -0.25) is 14.4 Å². The molecule has 2 aromatic carbocycles. The zero-order chi connectivity index (χ0) is 22.3. The topological polar surface area (TPSA) is 33.4 Å². The molecule has 3 aromatic rings. The Morgan fingerprint density at radius 1 is 1.00 bits per heavy atom. The lowest BCUT2D eigenvalue weighted by molar-refractivity contribution is 0.191. The summed E-state index contributed by atoms with van der Waals surface area (Å²) >= 11 is 12.7. The molecule has 0 aliphatic carbocycles. The third-order valence-electron chi connectivity index (χ3n) is 6.09. The Kier molecular flexibility index (Phi) is 6.15. The molecule has 1 fully saturated rings. The maximum Gasteiger partial charge on any atom is 0.290 e. The summed E-state index contributed by atoms with van der Waals surface area (Å²) in [7, 11) is 1.81. The second kappa shape index (κ2) is 8.69. The van der Waals surface area contributed by atoms with Crippen LogP contribution in [-0.2, 0) is 7.05 Å². The first kappa shape index (κ1) is 21.9. The van der Waals surface area contributed by atoms with Crippen molar-refractivity contribution in [2.45, 2.75) is 19.9 Å². The van der Waals surface area contributed by atoms with E-state index in [9.17, 15) is 9.18 Å². The van der Waals surface area contributed by atoms with Gasteiger partial charge in [0.25, 0.3) is 5.56 Å². The van der Waals surface area contributed by atoms with E-state index in [4.69, 9.17) is 23.2 Å². The van der Waals surface area contributed by atoms with Crippen molar-refractivity contribution in [3.63, 3.8) is 0 Å². The van der Waals surface area contributed by atoms with Crippen LogP contribution >= 0.6 is 23.2 Å². The van der Waals surface area contributed by atoms with Crippen LogP contribution in [0.4, 0.5) is 10.1 Å². The predicted octanol–water partition coefficient (Wildman–Crippen LogP) is 4.81. The molecule has 0 N–H and O–H groups in total. The summed E-state index contributed by atoms with van der Waals surface area (Å²) in [5.74, 6) is -0.349. The molecular weight excluding hydrogens is 438 g/mol. The first-order chi connectivity index (χ1) is 14.8. The number of nitrogens with zero attached hydrogens (tertiary/aromatic N) is 4. The van der Waals surface area contributed by atoms with Gasteiger partial charge < -0.3 is 4.90 Å². The number of hydrogen-bond donors (Lipinski definition) is 0. The van der Waals surface area contributed by atoms with Gasteiger partial charge in [-0.15, -0.1) is 0 Å². The Hall–Kier alpha value is -2.28. The first-order valence-corrected chi connectivity index (χ1v) is 11.0. The molecule has 0 amide bonds. The van der Waals surface area contributed by atoms with E-state index in [1.54, 1.807) is 16.8 Å². The Balaban J connectivity index is 1.56. The summed E-state index contributed by atoms with van der Waals surface area (Å²) in [6.07, 6.45) is 0. The summed E-state index contributed by atoms with van der Waals surface area (Å²) in [6, 6.07) is 11.7. The van der Waals surface area contributed by atoms with E-state index >= 15 is 0 Å². The van der Waals surface area contributed by atoms with Crippen LogP contribution in [0.2, 0.25) is 10.0 Å². The molecule has 0 spiro atoms. The number of benzene rings is 2. The normalized spacial score (nSPS) is 16.0. The summed E-state index contributed by atoms with van der Waals surface area (Å²) < 4.78 is 16.6. The average molecular weight is 463 g/mol. The second-order valence-electron chi connectivity index (χ2n) is 7.95. The molecule has 2 heterocycles. The molecule has 31 heavy (non-hydrogen) atoms. The van der Waals surface area contributed by atoms with E-state index in [1.165, 1.54) is 22.4 Å². The monoisotopic (exact) mass is 462 g/mol. The summed E-state index contributed by atoms with van der Waals surface area (Å²) in [6.45, 7) is 7.54. The third-order valence-corrected chi connectivity index (χ3v) is 6.68. The van der Waals surface area contributed by atoms with Gasteiger partial charge in [-0.05, 0) is 55.8 Å². The lowest BCUT2D eigenvalue weighted by Crippen LogP contribution is -2.47. The molecular formula is C23H25Cl2FN4O. The zero-order valence-corrected chi connectivity index (χ0v) is 19.3. The van der Waals surface area contributed by atoms with Gasteiger partial charge >= 0.3 is 0 Å². The molecule has 0 saturated carbocycles. The van der Waals surface area contributed by atoms with E-state index in [0.717, 1.165) is 42.6 Å². The van der Waals surface area contributed by atoms with Crippen molar-refractivity contribution in [1.82, 2.24) is 14.3 Å². The third kappa shape index (κ3) is 4.12. The summed E-state index contributed by atoms with van der Waals surface area (Å²) in [5.41, 5.74) is 3.39. The fraction of sp³-hybridized carbons (Fsp3) is 0.348.